The Labute approximate surface area is 218 Å². The molecule has 0 aliphatic rings. The summed E-state index contributed by atoms with van der Waals surface area (Å²) >= 11 is -0.119. The van der Waals surface area contributed by atoms with E-state index in [-0.39, 0.29) is 19.9 Å². The number of thioether (sulfide) groups is 1. The second-order valence-corrected chi connectivity index (χ2v) is 12.9. The molecule has 0 spiro atoms. The van der Waals surface area contributed by atoms with Crippen molar-refractivity contribution in [3.63, 3.8) is 0 Å². The van der Waals surface area contributed by atoms with Crippen LogP contribution in [0.15, 0.2) is 52.3 Å². The first-order chi connectivity index (χ1) is 16.5. The van der Waals surface area contributed by atoms with E-state index in [9.17, 15) is 27.7 Å². The Morgan fingerprint density at radius 2 is 1.94 bits per heavy atom. The van der Waals surface area contributed by atoms with Gasteiger partial charge in [-0.2, -0.15) is 0 Å². The Morgan fingerprint density at radius 3 is 2.54 bits per heavy atom. The van der Waals surface area contributed by atoms with Gasteiger partial charge in [0.05, 0.1) is 0 Å². The van der Waals surface area contributed by atoms with Gasteiger partial charge in [-0.15, -0.1) is 0 Å². The SMILES string of the molecule is COCC(=O)NS(=O)(=O)c1ccc(N[C@H](CCN(C)C)CSc2ccc(F)cc2)c([I-][N+](=O)O)c1. The molecular formula is C21H28FIN4O6S2. The van der Waals surface area contributed by atoms with Gasteiger partial charge in [0.15, 0.2) is 0 Å². The Hall–Kier alpha value is -2.01. The molecule has 2 rings (SSSR count). The molecule has 10 nitrogen and oxygen atoms in total. The summed E-state index contributed by atoms with van der Waals surface area (Å²) in [6.45, 7) is 0.334. The molecule has 0 aliphatic carbocycles. The number of hydrogen-bond donors (Lipinski definition) is 3. The predicted molar refractivity (Wildman–Crippen MR) is 125 cm³/mol. The molecular weight excluding hydrogens is 614 g/mol. The van der Waals surface area contributed by atoms with E-state index in [1.54, 1.807) is 12.1 Å². The fraction of sp³-hybridized carbons (Fsp3) is 0.381. The molecule has 0 radical (unpaired) electrons. The van der Waals surface area contributed by atoms with Crippen molar-refractivity contribution in [2.24, 2.45) is 0 Å². The fourth-order valence-corrected chi connectivity index (χ4v) is 6.55. The molecule has 0 saturated carbocycles. The zero-order chi connectivity index (χ0) is 26.0. The van der Waals surface area contributed by atoms with E-state index >= 15 is 0 Å². The number of nitrogens with zero attached hydrogens (tertiary/aromatic N) is 2. The van der Waals surface area contributed by atoms with Gasteiger partial charge in [-0.1, -0.05) is 0 Å². The van der Waals surface area contributed by atoms with E-state index in [1.807, 2.05) is 23.7 Å². The zero-order valence-electron chi connectivity index (χ0n) is 19.4. The van der Waals surface area contributed by atoms with Crippen molar-refractivity contribution in [2.75, 3.05) is 45.4 Å². The molecule has 1 atom stereocenters. The second-order valence-electron chi connectivity index (χ2n) is 7.61. The Kier molecular flexibility index (Phi) is 11.6. The summed E-state index contributed by atoms with van der Waals surface area (Å²) in [7, 11) is 0.963. The van der Waals surface area contributed by atoms with Gasteiger partial charge in [-0.25, -0.2) is 0 Å². The molecule has 194 valence electrons. The fourth-order valence-electron chi connectivity index (χ4n) is 2.86. The maximum atomic E-state index is 13.2. The monoisotopic (exact) mass is 642 g/mol. The number of ether oxygens (including phenoxy) is 1. The number of carbonyl (C=O) groups is 1. The number of hydrogen-bond acceptors (Lipinski definition) is 8. The third kappa shape index (κ3) is 10.2. The summed E-state index contributed by atoms with van der Waals surface area (Å²) < 4.78 is 45.0. The summed E-state index contributed by atoms with van der Waals surface area (Å²) in [6, 6.07) is 10.2. The Morgan fingerprint density at radius 1 is 1.26 bits per heavy atom. The molecule has 0 aliphatic heterocycles. The van der Waals surface area contributed by atoms with Crippen LogP contribution in [0.3, 0.4) is 0 Å². The number of rotatable bonds is 14. The summed E-state index contributed by atoms with van der Waals surface area (Å²) in [5.41, 5.74) is 0.512. The molecule has 14 heteroatoms. The zero-order valence-corrected chi connectivity index (χ0v) is 23.2. The summed E-state index contributed by atoms with van der Waals surface area (Å²) in [5.74, 6) is -0.533. The Bertz CT molecular complexity index is 1120. The molecule has 0 saturated heterocycles. The van der Waals surface area contributed by atoms with Crippen molar-refractivity contribution >= 4 is 33.4 Å². The van der Waals surface area contributed by atoms with Crippen LogP contribution < -0.4 is 31.5 Å². The number of benzene rings is 2. The number of methoxy groups -OCH3 is 1. The van der Waals surface area contributed by atoms with Gasteiger partial charge in [0, 0.05) is 0 Å². The first-order valence-corrected chi connectivity index (χ1v) is 14.8. The van der Waals surface area contributed by atoms with E-state index in [2.05, 4.69) is 10.1 Å². The normalized spacial score (nSPS) is 12.5. The number of nitrogens with one attached hydrogen (secondary N) is 2. The predicted octanol–water partition coefficient (Wildman–Crippen LogP) is -0.857. The van der Waals surface area contributed by atoms with Gasteiger partial charge in [0.25, 0.3) is 0 Å². The van der Waals surface area contributed by atoms with Gasteiger partial charge in [-0.3, -0.25) is 0 Å². The van der Waals surface area contributed by atoms with Crippen molar-refractivity contribution in [1.82, 2.24) is 9.62 Å². The van der Waals surface area contributed by atoms with E-state index < -0.39 is 44.0 Å². The van der Waals surface area contributed by atoms with E-state index in [0.717, 1.165) is 17.9 Å². The van der Waals surface area contributed by atoms with Crippen molar-refractivity contribution in [3.8, 4) is 0 Å². The number of amides is 1. The summed E-state index contributed by atoms with van der Waals surface area (Å²) in [4.78, 5) is 25.8. The van der Waals surface area contributed by atoms with E-state index in [4.69, 9.17) is 0 Å². The minimum atomic E-state index is -4.19. The molecule has 0 heterocycles. The molecule has 2 aromatic rings. The van der Waals surface area contributed by atoms with Gasteiger partial charge in [0.1, 0.15) is 0 Å². The average molecular weight is 643 g/mol. The van der Waals surface area contributed by atoms with Crippen LogP contribution in [0.25, 0.3) is 0 Å². The molecule has 2 aromatic carbocycles. The van der Waals surface area contributed by atoms with Crippen LogP contribution in [0, 0.1) is 14.3 Å². The minimum absolute atomic E-state index is 0.0853. The van der Waals surface area contributed by atoms with Crippen LogP contribution in [0.4, 0.5) is 10.1 Å². The first kappa shape index (κ1) is 29.2. The van der Waals surface area contributed by atoms with Crippen molar-refractivity contribution in [2.45, 2.75) is 22.3 Å². The van der Waals surface area contributed by atoms with Crippen molar-refractivity contribution in [3.05, 3.63) is 56.8 Å². The van der Waals surface area contributed by atoms with Gasteiger partial charge < -0.3 is 0 Å². The average Bonchev–Trinajstić information content (AvgIpc) is 2.77. The second kappa shape index (κ2) is 13.9. The number of halogens is 2. The van der Waals surface area contributed by atoms with E-state index in [0.29, 0.717) is 15.0 Å². The van der Waals surface area contributed by atoms with Gasteiger partial charge in [0.2, 0.25) is 0 Å². The van der Waals surface area contributed by atoms with Gasteiger partial charge in [-0.05, 0) is 0 Å². The summed E-state index contributed by atoms with van der Waals surface area (Å²) in [5, 5.41) is 12.7. The standard InChI is InChI=1S/C21H28FIN4O6S2/c1-26(2)11-10-16(14-34-17-6-4-15(22)5-7-17)24-20-9-8-18(12-19(20)23-27(29)30)35(31,32)25-21(28)13-33-3/h4-9,12,16,24H,10-11,13-14H2,1-3H3,(H,25,28)(H,29,30)/t16-/m1/s1. The molecule has 3 N–H and O–H groups in total. The van der Waals surface area contributed by atoms with Crippen LogP contribution in [0.1, 0.15) is 6.42 Å². The van der Waals surface area contributed by atoms with Crippen LogP contribution in [0.2, 0.25) is 0 Å². The molecule has 1 amide bonds. The molecule has 0 unspecified atom stereocenters. The Balaban J connectivity index is 2.27. The maximum absolute atomic E-state index is 13.2. The first-order valence-electron chi connectivity index (χ1n) is 10.3. The van der Waals surface area contributed by atoms with Crippen LogP contribution >= 0.6 is 11.8 Å². The van der Waals surface area contributed by atoms with Gasteiger partial charge >= 0.3 is 220 Å². The summed E-state index contributed by atoms with van der Waals surface area (Å²) in [6.07, 6.45) is 0.728. The van der Waals surface area contributed by atoms with E-state index in [1.165, 1.54) is 49.2 Å². The molecule has 0 aromatic heterocycles. The number of carbonyl (C=O) groups excluding carboxylic acids is 1. The van der Waals surface area contributed by atoms with Crippen molar-refractivity contribution in [1.29, 1.82) is 0 Å². The molecule has 0 fully saturated rings. The topological polar surface area (TPSA) is 128 Å². The molecule has 0 bridgehead atoms. The third-order valence-corrected chi connectivity index (χ3v) is 8.86. The van der Waals surface area contributed by atoms with Crippen LogP contribution in [-0.4, -0.2) is 73.7 Å². The van der Waals surface area contributed by atoms with Crippen LogP contribution in [0.5, 0.6) is 0 Å². The number of sulfonamides is 1. The van der Waals surface area contributed by atoms with Crippen LogP contribution in [-0.2, 0) is 19.6 Å². The quantitative estimate of drug-likeness (QED) is 0.105. The number of anilines is 1. The van der Waals surface area contributed by atoms with Crippen molar-refractivity contribution < 1.29 is 52.2 Å². The third-order valence-electron chi connectivity index (χ3n) is 4.49. The molecule has 35 heavy (non-hydrogen) atoms.